The molecule has 100 valence electrons. The van der Waals surface area contributed by atoms with E-state index in [1.165, 1.54) is 11.3 Å². The Labute approximate surface area is 117 Å². The quantitative estimate of drug-likeness (QED) is 0.868. The maximum Gasteiger partial charge on any atom is 0.196 e. The topological polar surface area (TPSA) is 52.3 Å². The number of carbonyl (C=O) groups is 1. The molecule has 0 aliphatic carbocycles. The Morgan fingerprint density at radius 3 is 2.37 bits per heavy atom. The highest BCUT2D eigenvalue weighted by Gasteiger charge is 2.19. The van der Waals surface area contributed by atoms with Crippen molar-refractivity contribution in [1.29, 1.82) is 0 Å². The van der Waals surface area contributed by atoms with Crippen LogP contribution in [0.4, 0.5) is 5.00 Å². The van der Waals surface area contributed by atoms with E-state index in [4.69, 9.17) is 10.5 Å². The van der Waals surface area contributed by atoms with Crippen molar-refractivity contribution in [2.24, 2.45) is 0 Å². The van der Waals surface area contributed by atoms with E-state index in [9.17, 15) is 4.79 Å². The number of ether oxygens (including phenoxy) is 1. The Balaban J connectivity index is 2.33. The lowest BCUT2D eigenvalue weighted by Gasteiger charge is -2.05. The van der Waals surface area contributed by atoms with Crippen molar-refractivity contribution in [2.75, 3.05) is 12.3 Å². The first-order chi connectivity index (χ1) is 9.04. The normalized spacial score (nSPS) is 10.5. The molecule has 1 aromatic carbocycles. The fraction of sp³-hybridized carbons (Fsp3) is 0.267. The van der Waals surface area contributed by atoms with Crippen LogP contribution < -0.4 is 10.5 Å². The number of carbonyl (C=O) groups excluding carboxylic acids is 1. The standard InChI is InChI=1S/C15H17NO2S/c1-4-18-12-7-5-11(6-8-12)14(17)13-9(2)10(3)19-15(13)16/h5-8H,4,16H2,1-3H3. The predicted molar refractivity (Wildman–Crippen MR) is 79.2 cm³/mol. The van der Waals surface area contributed by atoms with Gasteiger partial charge in [0.15, 0.2) is 5.78 Å². The number of aryl methyl sites for hydroxylation is 1. The molecule has 3 nitrogen and oxygen atoms in total. The van der Waals surface area contributed by atoms with Crippen molar-refractivity contribution in [2.45, 2.75) is 20.8 Å². The minimum Gasteiger partial charge on any atom is -0.494 e. The first-order valence-electron chi connectivity index (χ1n) is 6.17. The molecule has 2 rings (SSSR count). The van der Waals surface area contributed by atoms with Gasteiger partial charge in [0, 0.05) is 10.4 Å². The molecule has 4 heteroatoms. The van der Waals surface area contributed by atoms with Crippen LogP contribution in [0.15, 0.2) is 24.3 Å². The third kappa shape index (κ3) is 2.63. The van der Waals surface area contributed by atoms with Crippen molar-refractivity contribution in [3.05, 3.63) is 45.8 Å². The Morgan fingerprint density at radius 2 is 1.89 bits per heavy atom. The monoisotopic (exact) mass is 275 g/mol. The van der Waals surface area contributed by atoms with Gasteiger partial charge in [0.2, 0.25) is 0 Å². The first-order valence-corrected chi connectivity index (χ1v) is 6.99. The van der Waals surface area contributed by atoms with Gasteiger partial charge in [-0.1, -0.05) is 0 Å². The van der Waals surface area contributed by atoms with E-state index in [1.54, 1.807) is 12.1 Å². The van der Waals surface area contributed by atoms with Crippen LogP contribution in [0.25, 0.3) is 0 Å². The number of hydrogen-bond acceptors (Lipinski definition) is 4. The second kappa shape index (κ2) is 5.45. The van der Waals surface area contributed by atoms with Crippen molar-refractivity contribution in [1.82, 2.24) is 0 Å². The van der Waals surface area contributed by atoms with Gasteiger partial charge in [-0.3, -0.25) is 4.79 Å². The summed E-state index contributed by atoms with van der Waals surface area (Å²) in [5, 5.41) is 0.592. The third-order valence-electron chi connectivity index (χ3n) is 3.07. The number of ketones is 1. The summed E-state index contributed by atoms with van der Waals surface area (Å²) in [5.41, 5.74) is 8.17. The lowest BCUT2D eigenvalue weighted by atomic mass is 10.0. The number of nitrogen functional groups attached to an aromatic ring is 1. The van der Waals surface area contributed by atoms with Crippen LogP contribution in [0.2, 0.25) is 0 Å². The molecule has 0 fully saturated rings. The molecule has 0 spiro atoms. The predicted octanol–water partition coefficient (Wildman–Crippen LogP) is 3.58. The summed E-state index contributed by atoms with van der Waals surface area (Å²) in [6.07, 6.45) is 0. The molecule has 1 aromatic heterocycles. The molecule has 0 aliphatic rings. The number of thiophene rings is 1. The molecule has 1 heterocycles. The lowest BCUT2D eigenvalue weighted by molar-refractivity contribution is 0.103. The zero-order valence-corrected chi connectivity index (χ0v) is 12.1. The average Bonchev–Trinajstić information content (AvgIpc) is 2.64. The van der Waals surface area contributed by atoms with Gasteiger partial charge >= 0.3 is 0 Å². The van der Waals surface area contributed by atoms with Crippen LogP contribution in [0, 0.1) is 13.8 Å². The third-order valence-corrected chi connectivity index (χ3v) is 4.10. The molecular formula is C15H17NO2S. The van der Waals surface area contributed by atoms with Crippen LogP contribution in [0.3, 0.4) is 0 Å². The Kier molecular flexibility index (Phi) is 3.90. The SMILES string of the molecule is CCOc1ccc(C(=O)c2c(N)sc(C)c2C)cc1. The molecule has 0 aliphatic heterocycles. The molecule has 19 heavy (non-hydrogen) atoms. The molecule has 0 bridgehead atoms. The summed E-state index contributed by atoms with van der Waals surface area (Å²) >= 11 is 1.46. The zero-order valence-electron chi connectivity index (χ0n) is 11.3. The zero-order chi connectivity index (χ0) is 14.0. The van der Waals surface area contributed by atoms with E-state index < -0.39 is 0 Å². The first kappa shape index (κ1) is 13.6. The largest absolute Gasteiger partial charge is 0.494 e. The van der Waals surface area contributed by atoms with E-state index in [0.717, 1.165) is 16.2 Å². The lowest BCUT2D eigenvalue weighted by Crippen LogP contribution is -2.05. The molecule has 0 amide bonds. The fourth-order valence-corrected chi connectivity index (χ4v) is 2.88. The maximum absolute atomic E-state index is 12.5. The van der Waals surface area contributed by atoms with Gasteiger partial charge in [0.05, 0.1) is 17.2 Å². The van der Waals surface area contributed by atoms with Crippen LogP contribution in [-0.4, -0.2) is 12.4 Å². The molecule has 0 saturated heterocycles. The second-order valence-electron chi connectivity index (χ2n) is 4.31. The summed E-state index contributed by atoms with van der Waals surface area (Å²) in [5.74, 6) is 0.743. The van der Waals surface area contributed by atoms with Gasteiger partial charge in [-0.15, -0.1) is 11.3 Å². The Morgan fingerprint density at radius 1 is 1.26 bits per heavy atom. The van der Waals surface area contributed by atoms with E-state index >= 15 is 0 Å². The smallest absolute Gasteiger partial charge is 0.196 e. The average molecular weight is 275 g/mol. The van der Waals surface area contributed by atoms with E-state index in [-0.39, 0.29) is 5.78 Å². The van der Waals surface area contributed by atoms with Gasteiger partial charge in [-0.25, -0.2) is 0 Å². The van der Waals surface area contributed by atoms with Crippen molar-refractivity contribution < 1.29 is 9.53 Å². The number of benzene rings is 1. The van der Waals surface area contributed by atoms with Crippen molar-refractivity contribution in [3.8, 4) is 5.75 Å². The summed E-state index contributed by atoms with van der Waals surface area (Å²) in [6, 6.07) is 7.17. The van der Waals surface area contributed by atoms with Gasteiger partial charge in [-0.05, 0) is 50.6 Å². The molecule has 0 saturated carbocycles. The highest BCUT2D eigenvalue weighted by molar-refractivity contribution is 7.16. The van der Waals surface area contributed by atoms with Crippen molar-refractivity contribution >= 4 is 22.1 Å². The van der Waals surface area contributed by atoms with Gasteiger partial charge in [0.1, 0.15) is 5.75 Å². The maximum atomic E-state index is 12.5. The Hall–Kier alpha value is -1.81. The summed E-state index contributed by atoms with van der Waals surface area (Å²) < 4.78 is 5.36. The van der Waals surface area contributed by atoms with Crippen LogP contribution in [-0.2, 0) is 0 Å². The molecule has 2 aromatic rings. The summed E-state index contributed by atoms with van der Waals surface area (Å²) in [7, 11) is 0. The number of rotatable bonds is 4. The number of nitrogens with two attached hydrogens (primary N) is 1. The minimum atomic E-state index is -0.0256. The van der Waals surface area contributed by atoms with Crippen LogP contribution in [0.1, 0.15) is 33.3 Å². The van der Waals surface area contributed by atoms with Gasteiger partial charge in [0.25, 0.3) is 0 Å². The van der Waals surface area contributed by atoms with Gasteiger partial charge < -0.3 is 10.5 Å². The van der Waals surface area contributed by atoms with Crippen molar-refractivity contribution in [3.63, 3.8) is 0 Å². The van der Waals surface area contributed by atoms with E-state index in [1.807, 2.05) is 32.9 Å². The summed E-state index contributed by atoms with van der Waals surface area (Å²) in [6.45, 7) is 6.45. The van der Waals surface area contributed by atoms with E-state index in [0.29, 0.717) is 22.7 Å². The van der Waals surface area contributed by atoms with E-state index in [2.05, 4.69) is 0 Å². The molecule has 0 unspecified atom stereocenters. The second-order valence-corrected chi connectivity index (χ2v) is 5.57. The fourth-order valence-electron chi connectivity index (χ4n) is 1.95. The molecule has 0 radical (unpaired) electrons. The molecular weight excluding hydrogens is 258 g/mol. The summed E-state index contributed by atoms with van der Waals surface area (Å²) in [4.78, 5) is 13.5. The minimum absolute atomic E-state index is 0.0256. The Bertz CT molecular complexity index is 599. The molecule has 2 N–H and O–H groups in total. The van der Waals surface area contributed by atoms with Crippen LogP contribution >= 0.6 is 11.3 Å². The number of hydrogen-bond donors (Lipinski definition) is 1. The number of anilines is 1. The highest BCUT2D eigenvalue weighted by atomic mass is 32.1. The van der Waals surface area contributed by atoms with Crippen LogP contribution in [0.5, 0.6) is 5.75 Å². The van der Waals surface area contributed by atoms with Gasteiger partial charge in [-0.2, -0.15) is 0 Å². The molecule has 0 atom stereocenters. The highest BCUT2D eigenvalue weighted by Crippen LogP contribution is 2.31.